The number of nitriles is 1. The first-order chi connectivity index (χ1) is 12.8. The van der Waals surface area contributed by atoms with Crippen molar-refractivity contribution in [2.75, 3.05) is 13.1 Å². The summed E-state index contributed by atoms with van der Waals surface area (Å²) in [5.41, 5.74) is 0.562. The Hall–Kier alpha value is -1.48. The summed E-state index contributed by atoms with van der Waals surface area (Å²) in [5.74, 6) is 0.195. The fourth-order valence-corrected chi connectivity index (χ4v) is 4.53. The summed E-state index contributed by atoms with van der Waals surface area (Å²) < 4.78 is 15.6. The van der Waals surface area contributed by atoms with Gasteiger partial charge < -0.3 is 0 Å². The van der Waals surface area contributed by atoms with Gasteiger partial charge >= 0.3 is 0 Å². The lowest BCUT2D eigenvalue weighted by Crippen LogP contribution is -2.56. The van der Waals surface area contributed by atoms with Crippen molar-refractivity contribution in [3.05, 3.63) is 48.6 Å². The molecule has 1 aliphatic rings. The lowest BCUT2D eigenvalue weighted by molar-refractivity contribution is 0.134. The Morgan fingerprint density at radius 2 is 1.93 bits per heavy atom. The molecule has 5 heteroatoms. The summed E-state index contributed by atoms with van der Waals surface area (Å²) in [6.45, 7) is 12.5. The van der Waals surface area contributed by atoms with Gasteiger partial charge in [-0.15, -0.1) is 6.58 Å². The second-order valence-corrected chi connectivity index (χ2v) is 10.4. The molecular formula is C22H33N3OS. The van der Waals surface area contributed by atoms with Gasteiger partial charge in [-0.1, -0.05) is 36.4 Å². The fourth-order valence-electron chi connectivity index (χ4n) is 3.58. The summed E-state index contributed by atoms with van der Waals surface area (Å²) in [4.78, 5) is 2.45. The number of hydrogen-bond acceptors (Lipinski definition) is 3. The molecule has 1 aromatic rings. The summed E-state index contributed by atoms with van der Waals surface area (Å²) in [6.07, 6.45) is 5.11. The molecule has 148 valence electrons. The molecule has 0 spiro atoms. The molecule has 2 rings (SSSR count). The first-order valence-electron chi connectivity index (χ1n) is 9.79. The maximum Gasteiger partial charge on any atom is 0.120 e. The largest absolute Gasteiger partial charge is 0.299 e. The molecule has 4 nitrogen and oxygen atoms in total. The van der Waals surface area contributed by atoms with Crippen LogP contribution in [0.1, 0.15) is 52.0 Å². The maximum absolute atomic E-state index is 12.8. The minimum atomic E-state index is -1.27. The molecule has 1 saturated heterocycles. The van der Waals surface area contributed by atoms with E-state index in [1.54, 1.807) is 0 Å². The van der Waals surface area contributed by atoms with Gasteiger partial charge in [-0.2, -0.15) is 5.26 Å². The lowest BCUT2D eigenvalue weighted by Gasteiger charge is -2.42. The number of rotatable bonds is 8. The van der Waals surface area contributed by atoms with E-state index in [0.29, 0.717) is 6.42 Å². The lowest BCUT2D eigenvalue weighted by atomic mass is 9.76. The van der Waals surface area contributed by atoms with E-state index in [-0.39, 0.29) is 5.92 Å². The van der Waals surface area contributed by atoms with Crippen LogP contribution in [0.2, 0.25) is 0 Å². The minimum absolute atomic E-state index is 0.195. The van der Waals surface area contributed by atoms with Gasteiger partial charge in [0, 0.05) is 6.54 Å². The monoisotopic (exact) mass is 387 g/mol. The Bertz CT molecular complexity index is 669. The summed E-state index contributed by atoms with van der Waals surface area (Å²) in [6, 6.07) is 13.0. The number of hydrogen-bond donors (Lipinski definition) is 1. The van der Waals surface area contributed by atoms with E-state index in [2.05, 4.69) is 46.5 Å². The Balaban J connectivity index is 2.07. The van der Waals surface area contributed by atoms with Gasteiger partial charge in [0.25, 0.3) is 0 Å². The molecule has 1 aromatic carbocycles. The Morgan fingerprint density at radius 3 is 2.44 bits per heavy atom. The van der Waals surface area contributed by atoms with Crippen LogP contribution in [0, 0.1) is 17.2 Å². The second kappa shape index (κ2) is 9.64. The molecular weight excluding hydrogens is 354 g/mol. The van der Waals surface area contributed by atoms with Crippen molar-refractivity contribution in [3.63, 3.8) is 0 Å². The number of piperidine rings is 1. The molecule has 1 heterocycles. The van der Waals surface area contributed by atoms with Gasteiger partial charge in [0.1, 0.15) is 5.54 Å². The van der Waals surface area contributed by atoms with Crippen molar-refractivity contribution < 1.29 is 4.21 Å². The Morgan fingerprint density at radius 1 is 1.30 bits per heavy atom. The van der Waals surface area contributed by atoms with Crippen LogP contribution >= 0.6 is 0 Å². The average Bonchev–Trinajstić information content (AvgIpc) is 2.66. The smallest absolute Gasteiger partial charge is 0.120 e. The highest BCUT2D eigenvalue weighted by Crippen LogP contribution is 2.33. The summed E-state index contributed by atoms with van der Waals surface area (Å²) in [5, 5.41) is 10.1. The molecule has 2 atom stereocenters. The van der Waals surface area contributed by atoms with E-state index in [0.717, 1.165) is 38.9 Å². The van der Waals surface area contributed by atoms with Crippen molar-refractivity contribution in [1.29, 1.82) is 5.26 Å². The van der Waals surface area contributed by atoms with Crippen molar-refractivity contribution in [2.45, 2.75) is 63.3 Å². The van der Waals surface area contributed by atoms with Crippen molar-refractivity contribution in [2.24, 2.45) is 5.92 Å². The van der Waals surface area contributed by atoms with Gasteiger partial charge in [0.05, 0.1) is 21.8 Å². The third-order valence-electron chi connectivity index (χ3n) is 5.31. The van der Waals surface area contributed by atoms with Gasteiger partial charge in [-0.3, -0.25) is 4.90 Å². The predicted molar refractivity (Wildman–Crippen MR) is 113 cm³/mol. The first-order valence-corrected chi connectivity index (χ1v) is 10.9. The zero-order chi connectivity index (χ0) is 19.9. The van der Waals surface area contributed by atoms with Crippen LogP contribution in [0.5, 0.6) is 0 Å². The highest BCUT2D eigenvalue weighted by molar-refractivity contribution is 7.84. The van der Waals surface area contributed by atoms with E-state index in [1.807, 2.05) is 32.9 Å². The minimum Gasteiger partial charge on any atom is -0.299 e. The van der Waals surface area contributed by atoms with E-state index in [1.165, 1.54) is 5.56 Å². The molecule has 0 radical (unpaired) electrons. The molecule has 0 aromatic heterocycles. The SMILES string of the molecule is C=CCC[C@@](C#N)(NS(=O)C(C)(C)C)C1CCN(Cc2ccccc2)CC1. The number of likely N-dealkylation sites (tertiary alicyclic amines) is 1. The number of nitrogens with zero attached hydrogens (tertiary/aromatic N) is 2. The van der Waals surface area contributed by atoms with Crippen molar-refractivity contribution in [3.8, 4) is 6.07 Å². The molecule has 0 bridgehead atoms. The van der Waals surface area contributed by atoms with Gasteiger partial charge in [-0.05, 0) is 71.0 Å². The van der Waals surface area contributed by atoms with Crippen LogP contribution in [-0.4, -0.2) is 32.5 Å². The van der Waals surface area contributed by atoms with E-state index in [9.17, 15) is 9.47 Å². The van der Waals surface area contributed by atoms with Crippen LogP contribution in [-0.2, 0) is 17.5 Å². The van der Waals surface area contributed by atoms with Gasteiger partial charge in [0.15, 0.2) is 0 Å². The molecule has 0 saturated carbocycles. The van der Waals surface area contributed by atoms with E-state index < -0.39 is 21.3 Å². The van der Waals surface area contributed by atoms with Crippen molar-refractivity contribution in [1.82, 2.24) is 9.62 Å². The van der Waals surface area contributed by atoms with E-state index >= 15 is 0 Å². The average molecular weight is 388 g/mol. The van der Waals surface area contributed by atoms with Crippen LogP contribution in [0.4, 0.5) is 0 Å². The molecule has 27 heavy (non-hydrogen) atoms. The first kappa shape index (κ1) is 21.8. The molecule has 1 fully saturated rings. The number of allylic oxidation sites excluding steroid dienone is 1. The Labute approximate surface area is 167 Å². The topological polar surface area (TPSA) is 56.1 Å². The number of benzene rings is 1. The highest BCUT2D eigenvalue weighted by atomic mass is 32.2. The third-order valence-corrected chi connectivity index (χ3v) is 6.97. The highest BCUT2D eigenvalue weighted by Gasteiger charge is 2.42. The van der Waals surface area contributed by atoms with Crippen LogP contribution in [0.25, 0.3) is 0 Å². The summed E-state index contributed by atoms with van der Waals surface area (Å²) in [7, 11) is -1.27. The van der Waals surface area contributed by atoms with Crippen LogP contribution < -0.4 is 4.72 Å². The quantitative estimate of drug-likeness (QED) is 0.681. The van der Waals surface area contributed by atoms with Crippen LogP contribution in [0.15, 0.2) is 43.0 Å². The number of nitrogens with one attached hydrogen (secondary N) is 1. The van der Waals surface area contributed by atoms with Gasteiger partial charge in [-0.25, -0.2) is 8.93 Å². The summed E-state index contributed by atoms with van der Waals surface area (Å²) >= 11 is 0. The second-order valence-electron chi connectivity index (χ2n) is 8.43. The van der Waals surface area contributed by atoms with Gasteiger partial charge in [0.2, 0.25) is 0 Å². The molecule has 1 N–H and O–H groups in total. The van der Waals surface area contributed by atoms with Crippen molar-refractivity contribution >= 4 is 11.0 Å². The molecule has 1 unspecified atom stereocenters. The Kier molecular flexibility index (Phi) is 7.79. The third kappa shape index (κ3) is 6.00. The van der Waals surface area contributed by atoms with E-state index in [4.69, 9.17) is 0 Å². The molecule has 0 amide bonds. The maximum atomic E-state index is 12.8. The standard InChI is InChI=1S/C22H33N3OS/c1-5-6-14-22(18-23,24-27(26)21(2,3)4)20-12-15-25(16-13-20)17-19-10-8-7-9-11-19/h5,7-11,20,24H,1,6,12-17H2,2-4H3/t22-,27?/m0/s1. The fraction of sp³-hybridized carbons (Fsp3) is 0.591. The predicted octanol–water partition coefficient (Wildman–Crippen LogP) is 4.18. The van der Waals surface area contributed by atoms with Crippen LogP contribution in [0.3, 0.4) is 0 Å². The zero-order valence-electron chi connectivity index (χ0n) is 16.9. The molecule has 1 aliphatic heterocycles. The normalized spacial score (nSPS) is 19.8. The molecule has 0 aliphatic carbocycles. The zero-order valence-corrected chi connectivity index (χ0v) is 17.7.